The van der Waals surface area contributed by atoms with E-state index in [-0.39, 0.29) is 11.9 Å². The molecule has 1 aliphatic carbocycles. The van der Waals surface area contributed by atoms with Crippen LogP contribution in [0.3, 0.4) is 0 Å². The molecule has 3 nitrogen and oxygen atoms in total. The summed E-state index contributed by atoms with van der Waals surface area (Å²) in [6.07, 6.45) is 5.73. The largest absolute Gasteiger partial charge is 0.464 e. The third kappa shape index (κ3) is 4.52. The summed E-state index contributed by atoms with van der Waals surface area (Å²) in [6.45, 7) is 7.73. The number of nitrogens with zero attached hydrogens (tertiary/aromatic N) is 1. The van der Waals surface area contributed by atoms with Gasteiger partial charge in [0, 0.05) is 6.54 Å². The van der Waals surface area contributed by atoms with E-state index in [1.807, 2.05) is 0 Å². The highest BCUT2D eigenvalue weighted by atomic mass is 16.5. The molecule has 0 unspecified atom stereocenters. The SMILES string of the molecule is CCN(CC)CCOC(=O)C1CCCCC1. The predicted molar refractivity (Wildman–Crippen MR) is 65.3 cm³/mol. The lowest BCUT2D eigenvalue weighted by Crippen LogP contribution is -2.29. The van der Waals surface area contributed by atoms with Crippen LogP contribution in [0.2, 0.25) is 0 Å². The molecule has 0 saturated heterocycles. The van der Waals surface area contributed by atoms with Gasteiger partial charge in [0.2, 0.25) is 0 Å². The Kier molecular flexibility index (Phi) is 6.46. The fourth-order valence-corrected chi connectivity index (χ4v) is 2.27. The van der Waals surface area contributed by atoms with Crippen molar-refractivity contribution >= 4 is 5.97 Å². The van der Waals surface area contributed by atoms with Crippen LogP contribution in [0.4, 0.5) is 0 Å². The number of hydrogen-bond acceptors (Lipinski definition) is 3. The molecule has 0 aromatic heterocycles. The van der Waals surface area contributed by atoms with Crippen molar-refractivity contribution in [3.63, 3.8) is 0 Å². The number of ether oxygens (including phenoxy) is 1. The lowest BCUT2D eigenvalue weighted by molar-refractivity contribution is -0.150. The van der Waals surface area contributed by atoms with Crippen LogP contribution >= 0.6 is 0 Å². The molecule has 0 radical (unpaired) electrons. The topological polar surface area (TPSA) is 29.5 Å². The first kappa shape index (κ1) is 13.5. The van der Waals surface area contributed by atoms with Gasteiger partial charge in [-0.05, 0) is 25.9 Å². The first-order valence-corrected chi connectivity index (χ1v) is 6.66. The summed E-state index contributed by atoms with van der Waals surface area (Å²) in [5, 5.41) is 0. The van der Waals surface area contributed by atoms with E-state index in [2.05, 4.69) is 18.7 Å². The van der Waals surface area contributed by atoms with E-state index in [4.69, 9.17) is 4.74 Å². The van der Waals surface area contributed by atoms with E-state index in [1.54, 1.807) is 0 Å². The van der Waals surface area contributed by atoms with E-state index in [1.165, 1.54) is 19.3 Å². The molecule has 16 heavy (non-hydrogen) atoms. The molecule has 3 heteroatoms. The Balaban J connectivity index is 2.13. The highest BCUT2D eigenvalue weighted by Crippen LogP contribution is 2.24. The monoisotopic (exact) mass is 227 g/mol. The van der Waals surface area contributed by atoms with Crippen LogP contribution in [-0.2, 0) is 9.53 Å². The molecule has 0 aliphatic heterocycles. The Morgan fingerprint density at radius 1 is 1.19 bits per heavy atom. The second kappa shape index (κ2) is 7.66. The second-order valence-corrected chi connectivity index (χ2v) is 4.53. The van der Waals surface area contributed by atoms with E-state index >= 15 is 0 Å². The zero-order valence-corrected chi connectivity index (χ0v) is 10.7. The Morgan fingerprint density at radius 3 is 2.38 bits per heavy atom. The van der Waals surface area contributed by atoms with Gasteiger partial charge in [-0.3, -0.25) is 4.79 Å². The van der Waals surface area contributed by atoms with Crippen molar-refractivity contribution in [2.75, 3.05) is 26.2 Å². The molecule has 0 spiro atoms. The van der Waals surface area contributed by atoms with Crippen molar-refractivity contribution in [2.24, 2.45) is 5.92 Å². The quantitative estimate of drug-likeness (QED) is 0.653. The Morgan fingerprint density at radius 2 is 1.81 bits per heavy atom. The summed E-state index contributed by atoms with van der Waals surface area (Å²) < 4.78 is 5.34. The molecule has 0 bridgehead atoms. The van der Waals surface area contributed by atoms with Crippen LogP contribution in [0, 0.1) is 5.92 Å². The van der Waals surface area contributed by atoms with Gasteiger partial charge >= 0.3 is 5.97 Å². The minimum Gasteiger partial charge on any atom is -0.464 e. The molecule has 0 atom stereocenters. The molecule has 0 amide bonds. The number of hydrogen-bond donors (Lipinski definition) is 0. The van der Waals surface area contributed by atoms with E-state index in [0.29, 0.717) is 6.61 Å². The first-order chi connectivity index (χ1) is 7.77. The first-order valence-electron chi connectivity index (χ1n) is 6.66. The summed E-state index contributed by atoms with van der Waals surface area (Å²) in [6, 6.07) is 0. The lowest BCUT2D eigenvalue weighted by Gasteiger charge is -2.21. The van der Waals surface area contributed by atoms with Crippen molar-refractivity contribution in [3.8, 4) is 0 Å². The number of esters is 1. The molecule has 1 fully saturated rings. The maximum absolute atomic E-state index is 11.7. The Bertz CT molecular complexity index is 196. The zero-order chi connectivity index (χ0) is 11.8. The van der Waals surface area contributed by atoms with Crippen LogP contribution in [0.25, 0.3) is 0 Å². The predicted octanol–water partition coefficient (Wildman–Crippen LogP) is 2.45. The zero-order valence-electron chi connectivity index (χ0n) is 10.7. The second-order valence-electron chi connectivity index (χ2n) is 4.53. The minimum atomic E-state index is 0.0341. The van der Waals surface area contributed by atoms with E-state index < -0.39 is 0 Å². The molecule has 0 heterocycles. The molecular weight excluding hydrogens is 202 g/mol. The van der Waals surface area contributed by atoms with Crippen molar-refractivity contribution in [3.05, 3.63) is 0 Å². The molecule has 0 aromatic rings. The molecule has 1 rings (SSSR count). The van der Waals surface area contributed by atoms with E-state index in [9.17, 15) is 4.79 Å². The number of likely N-dealkylation sites (N-methyl/N-ethyl adjacent to an activating group) is 1. The minimum absolute atomic E-state index is 0.0341. The fourth-order valence-electron chi connectivity index (χ4n) is 2.27. The number of carbonyl (C=O) groups is 1. The molecule has 94 valence electrons. The van der Waals surface area contributed by atoms with Crippen LogP contribution < -0.4 is 0 Å². The summed E-state index contributed by atoms with van der Waals surface area (Å²) in [7, 11) is 0. The normalized spacial score (nSPS) is 17.7. The maximum atomic E-state index is 11.7. The molecule has 0 aromatic carbocycles. The third-order valence-corrected chi connectivity index (χ3v) is 3.48. The third-order valence-electron chi connectivity index (χ3n) is 3.48. The lowest BCUT2D eigenvalue weighted by atomic mass is 9.89. The van der Waals surface area contributed by atoms with Crippen molar-refractivity contribution in [1.29, 1.82) is 0 Å². The van der Waals surface area contributed by atoms with Gasteiger partial charge in [0.15, 0.2) is 0 Å². The number of carbonyl (C=O) groups excluding carboxylic acids is 1. The van der Waals surface area contributed by atoms with Gasteiger partial charge in [0.1, 0.15) is 6.61 Å². The van der Waals surface area contributed by atoms with Crippen LogP contribution in [0.15, 0.2) is 0 Å². The van der Waals surface area contributed by atoms with Crippen molar-refractivity contribution in [2.45, 2.75) is 46.0 Å². The average molecular weight is 227 g/mol. The maximum Gasteiger partial charge on any atom is 0.308 e. The van der Waals surface area contributed by atoms with Gasteiger partial charge in [0.05, 0.1) is 5.92 Å². The summed E-state index contributed by atoms with van der Waals surface area (Å²) in [5.74, 6) is 0.220. The Labute approximate surface area is 99.1 Å². The Hall–Kier alpha value is -0.570. The molecule has 0 N–H and O–H groups in total. The van der Waals surface area contributed by atoms with Crippen LogP contribution in [0.1, 0.15) is 46.0 Å². The van der Waals surface area contributed by atoms with Gasteiger partial charge < -0.3 is 9.64 Å². The fraction of sp³-hybridized carbons (Fsp3) is 0.923. The molecular formula is C13H25NO2. The van der Waals surface area contributed by atoms with Gasteiger partial charge in [0.25, 0.3) is 0 Å². The standard InChI is InChI=1S/C13H25NO2/c1-3-14(4-2)10-11-16-13(15)12-8-6-5-7-9-12/h12H,3-11H2,1-2H3. The van der Waals surface area contributed by atoms with Crippen LogP contribution in [0.5, 0.6) is 0 Å². The van der Waals surface area contributed by atoms with Gasteiger partial charge in [-0.2, -0.15) is 0 Å². The van der Waals surface area contributed by atoms with Crippen molar-refractivity contribution in [1.82, 2.24) is 4.90 Å². The highest BCUT2D eigenvalue weighted by Gasteiger charge is 2.22. The average Bonchev–Trinajstić information content (AvgIpc) is 2.35. The summed E-state index contributed by atoms with van der Waals surface area (Å²) in [4.78, 5) is 14.0. The van der Waals surface area contributed by atoms with Gasteiger partial charge in [-0.25, -0.2) is 0 Å². The smallest absolute Gasteiger partial charge is 0.308 e. The highest BCUT2D eigenvalue weighted by molar-refractivity contribution is 5.72. The van der Waals surface area contributed by atoms with Crippen molar-refractivity contribution < 1.29 is 9.53 Å². The summed E-state index contributed by atoms with van der Waals surface area (Å²) >= 11 is 0. The molecule has 1 aliphatic rings. The van der Waals surface area contributed by atoms with E-state index in [0.717, 1.165) is 32.5 Å². The van der Waals surface area contributed by atoms with Gasteiger partial charge in [-0.15, -0.1) is 0 Å². The molecule has 1 saturated carbocycles. The van der Waals surface area contributed by atoms with Gasteiger partial charge in [-0.1, -0.05) is 33.1 Å². The number of rotatable bonds is 6. The summed E-state index contributed by atoms with van der Waals surface area (Å²) in [5.41, 5.74) is 0. The van der Waals surface area contributed by atoms with Crippen LogP contribution in [-0.4, -0.2) is 37.1 Å².